The van der Waals surface area contributed by atoms with Crippen LogP contribution in [0, 0.1) is 0 Å². The molecule has 96 valence electrons. The Morgan fingerprint density at radius 1 is 1.50 bits per heavy atom. The lowest BCUT2D eigenvalue weighted by Crippen LogP contribution is -2.18. The molecule has 18 heavy (non-hydrogen) atoms. The second-order valence-corrected chi connectivity index (χ2v) is 3.74. The lowest BCUT2D eigenvalue weighted by molar-refractivity contribution is 0.0528. The number of hydrogen-bond donors (Lipinski definition) is 0. The average molecular weight is 250 g/mol. The third kappa shape index (κ3) is 2.74. The Morgan fingerprint density at radius 2 is 2.28 bits per heavy atom. The van der Waals surface area contributed by atoms with E-state index in [1.165, 1.54) is 7.11 Å². The number of carbonyl (C=O) groups is 1. The number of carbonyl (C=O) groups excluding carboxylic acids is 1. The molecule has 0 aliphatic carbocycles. The number of hydrogen-bond acceptors (Lipinski definition) is 5. The third-order valence-electron chi connectivity index (χ3n) is 2.55. The van der Waals surface area contributed by atoms with E-state index in [2.05, 4.69) is 11.3 Å². The maximum absolute atomic E-state index is 11.0. The van der Waals surface area contributed by atoms with E-state index in [1.54, 1.807) is 6.08 Å². The zero-order chi connectivity index (χ0) is 13.0. The molecule has 1 aromatic carbocycles. The first kappa shape index (κ1) is 12.3. The molecule has 1 aliphatic rings. The van der Waals surface area contributed by atoms with Crippen LogP contribution in [-0.2, 0) is 15.9 Å². The summed E-state index contributed by atoms with van der Waals surface area (Å²) in [6, 6.07) is 5.58. The Balaban J connectivity index is 2.03. The molecule has 5 heteroatoms. The molecule has 0 saturated carbocycles. The first-order valence-electron chi connectivity index (χ1n) is 5.48. The van der Waals surface area contributed by atoms with Gasteiger partial charge in [0.05, 0.1) is 7.11 Å². The Bertz CT molecular complexity index is 455. The lowest BCUT2D eigenvalue weighted by Gasteiger charge is -2.13. The molecule has 1 aromatic rings. The van der Waals surface area contributed by atoms with Gasteiger partial charge < -0.3 is 18.9 Å². The second kappa shape index (κ2) is 5.44. The Morgan fingerprint density at radius 3 is 3.00 bits per heavy atom. The fourth-order valence-corrected chi connectivity index (χ4v) is 1.65. The summed E-state index contributed by atoms with van der Waals surface area (Å²) in [7, 11) is 1.27. The molecule has 0 spiro atoms. The summed E-state index contributed by atoms with van der Waals surface area (Å²) >= 11 is 0. The number of fused-ring (bicyclic) bond motifs is 1. The molecule has 0 fully saturated rings. The standard InChI is InChI=1S/C13H14O5/c1-3-10(18-13(14)15-2)6-9-4-5-11-12(7-9)17-8-16-11/h3-5,7,10H,1,6,8H2,2H3. The fraction of sp³-hybridized carbons (Fsp3) is 0.308. The van der Waals surface area contributed by atoms with E-state index in [0.717, 1.165) is 11.3 Å². The van der Waals surface area contributed by atoms with Crippen LogP contribution in [0.5, 0.6) is 11.5 Å². The maximum Gasteiger partial charge on any atom is 0.508 e. The molecule has 2 rings (SSSR count). The summed E-state index contributed by atoms with van der Waals surface area (Å²) < 4.78 is 20.0. The Hall–Kier alpha value is -2.17. The van der Waals surface area contributed by atoms with Crippen molar-refractivity contribution in [3.8, 4) is 11.5 Å². The monoisotopic (exact) mass is 250 g/mol. The van der Waals surface area contributed by atoms with Crippen molar-refractivity contribution < 1.29 is 23.7 Å². The van der Waals surface area contributed by atoms with Crippen LogP contribution in [0.25, 0.3) is 0 Å². The van der Waals surface area contributed by atoms with Gasteiger partial charge in [0, 0.05) is 6.42 Å². The fourth-order valence-electron chi connectivity index (χ4n) is 1.65. The molecule has 1 heterocycles. The predicted molar refractivity (Wildman–Crippen MR) is 63.7 cm³/mol. The Kier molecular flexibility index (Phi) is 3.72. The first-order valence-corrected chi connectivity index (χ1v) is 5.48. The highest BCUT2D eigenvalue weighted by molar-refractivity contribution is 5.60. The van der Waals surface area contributed by atoms with Crippen molar-refractivity contribution in [2.75, 3.05) is 13.9 Å². The van der Waals surface area contributed by atoms with Crippen molar-refractivity contribution in [2.24, 2.45) is 0 Å². The molecular weight excluding hydrogens is 236 g/mol. The predicted octanol–water partition coefficient (Wildman–Crippen LogP) is 2.30. The average Bonchev–Trinajstić information content (AvgIpc) is 2.85. The smallest absolute Gasteiger partial charge is 0.454 e. The molecular formula is C13H14O5. The van der Waals surface area contributed by atoms with Crippen LogP contribution >= 0.6 is 0 Å². The summed E-state index contributed by atoms with van der Waals surface area (Å²) in [4.78, 5) is 11.0. The maximum atomic E-state index is 11.0. The summed E-state index contributed by atoms with van der Waals surface area (Å²) in [6.45, 7) is 3.87. The van der Waals surface area contributed by atoms with Gasteiger partial charge in [0.2, 0.25) is 6.79 Å². The van der Waals surface area contributed by atoms with Gasteiger partial charge in [-0.1, -0.05) is 18.7 Å². The van der Waals surface area contributed by atoms with Crippen molar-refractivity contribution in [2.45, 2.75) is 12.5 Å². The lowest BCUT2D eigenvalue weighted by atomic mass is 10.1. The van der Waals surface area contributed by atoms with Gasteiger partial charge in [0.25, 0.3) is 0 Å². The van der Waals surface area contributed by atoms with Crippen LogP contribution in [0.15, 0.2) is 30.9 Å². The third-order valence-corrected chi connectivity index (χ3v) is 2.55. The van der Waals surface area contributed by atoms with Crippen LogP contribution in [0.4, 0.5) is 4.79 Å². The summed E-state index contributed by atoms with van der Waals surface area (Å²) in [5.74, 6) is 1.43. The van der Waals surface area contributed by atoms with Crippen LogP contribution in [-0.4, -0.2) is 26.2 Å². The largest absolute Gasteiger partial charge is 0.508 e. The highest BCUT2D eigenvalue weighted by Gasteiger charge is 2.16. The molecule has 1 unspecified atom stereocenters. The van der Waals surface area contributed by atoms with Gasteiger partial charge in [-0.05, 0) is 17.7 Å². The van der Waals surface area contributed by atoms with Crippen molar-refractivity contribution in [3.63, 3.8) is 0 Å². The molecule has 0 saturated heterocycles. The summed E-state index contributed by atoms with van der Waals surface area (Å²) in [6.07, 6.45) is 0.912. The molecule has 1 aliphatic heterocycles. The van der Waals surface area contributed by atoms with Gasteiger partial charge in [0.15, 0.2) is 11.5 Å². The quantitative estimate of drug-likeness (QED) is 0.606. The van der Waals surface area contributed by atoms with Crippen LogP contribution in [0.1, 0.15) is 5.56 Å². The van der Waals surface area contributed by atoms with E-state index in [1.807, 2.05) is 18.2 Å². The highest BCUT2D eigenvalue weighted by atomic mass is 16.7. The number of ether oxygens (including phenoxy) is 4. The number of benzene rings is 1. The van der Waals surface area contributed by atoms with E-state index in [9.17, 15) is 4.79 Å². The number of methoxy groups -OCH3 is 1. The van der Waals surface area contributed by atoms with Gasteiger partial charge in [-0.2, -0.15) is 0 Å². The molecule has 0 amide bonds. The molecule has 0 aromatic heterocycles. The second-order valence-electron chi connectivity index (χ2n) is 3.74. The number of rotatable bonds is 4. The minimum absolute atomic E-state index is 0.238. The van der Waals surface area contributed by atoms with Crippen LogP contribution in [0.3, 0.4) is 0 Å². The van der Waals surface area contributed by atoms with Gasteiger partial charge >= 0.3 is 6.16 Å². The molecule has 0 bridgehead atoms. The minimum Gasteiger partial charge on any atom is -0.454 e. The van der Waals surface area contributed by atoms with E-state index in [0.29, 0.717) is 12.2 Å². The van der Waals surface area contributed by atoms with E-state index in [-0.39, 0.29) is 6.79 Å². The zero-order valence-corrected chi connectivity index (χ0v) is 10.0. The summed E-state index contributed by atoms with van der Waals surface area (Å²) in [5, 5.41) is 0. The van der Waals surface area contributed by atoms with Gasteiger partial charge in [-0.25, -0.2) is 4.79 Å². The summed E-state index contributed by atoms with van der Waals surface area (Å²) in [5.41, 5.74) is 0.966. The van der Waals surface area contributed by atoms with Gasteiger partial charge in [0.1, 0.15) is 6.10 Å². The first-order chi connectivity index (χ1) is 8.72. The van der Waals surface area contributed by atoms with Gasteiger partial charge in [-0.15, -0.1) is 0 Å². The van der Waals surface area contributed by atoms with Gasteiger partial charge in [-0.3, -0.25) is 0 Å². The van der Waals surface area contributed by atoms with Crippen molar-refractivity contribution >= 4 is 6.16 Å². The molecule has 0 N–H and O–H groups in total. The van der Waals surface area contributed by atoms with Crippen molar-refractivity contribution in [1.29, 1.82) is 0 Å². The Labute approximate surface area is 105 Å². The zero-order valence-electron chi connectivity index (χ0n) is 10.0. The molecule has 5 nitrogen and oxygen atoms in total. The van der Waals surface area contributed by atoms with E-state index < -0.39 is 12.3 Å². The van der Waals surface area contributed by atoms with Crippen molar-refractivity contribution in [3.05, 3.63) is 36.4 Å². The van der Waals surface area contributed by atoms with Crippen LogP contribution in [0.2, 0.25) is 0 Å². The normalized spacial score (nSPS) is 13.8. The highest BCUT2D eigenvalue weighted by Crippen LogP contribution is 2.32. The SMILES string of the molecule is C=CC(Cc1ccc2c(c1)OCO2)OC(=O)OC. The van der Waals surface area contributed by atoms with E-state index in [4.69, 9.17) is 14.2 Å². The van der Waals surface area contributed by atoms with Crippen LogP contribution < -0.4 is 9.47 Å². The van der Waals surface area contributed by atoms with E-state index >= 15 is 0 Å². The van der Waals surface area contributed by atoms with Crippen molar-refractivity contribution in [1.82, 2.24) is 0 Å². The minimum atomic E-state index is -0.722. The molecule has 0 radical (unpaired) electrons. The topological polar surface area (TPSA) is 54.0 Å². The molecule has 1 atom stereocenters.